The minimum absolute atomic E-state index is 0.0212. The first-order valence-electron chi connectivity index (χ1n) is 16.6. The molecule has 0 spiro atoms. The monoisotopic (exact) mass is 602 g/mol. The van der Waals surface area contributed by atoms with E-state index in [1.807, 2.05) is 28.8 Å². The van der Waals surface area contributed by atoms with Crippen LogP contribution >= 0.6 is 0 Å². The van der Waals surface area contributed by atoms with Crippen LogP contribution in [0.1, 0.15) is 80.6 Å². The Labute approximate surface area is 261 Å². The van der Waals surface area contributed by atoms with Crippen molar-refractivity contribution in [2.45, 2.75) is 105 Å². The average Bonchev–Trinajstić information content (AvgIpc) is 3.46. The van der Waals surface area contributed by atoms with Crippen molar-refractivity contribution in [3.05, 3.63) is 48.3 Å². The van der Waals surface area contributed by atoms with Crippen LogP contribution in [0.5, 0.6) is 0 Å². The molecule has 2 heterocycles. The van der Waals surface area contributed by atoms with Crippen molar-refractivity contribution in [1.29, 1.82) is 0 Å². The van der Waals surface area contributed by atoms with Crippen molar-refractivity contribution in [2.24, 2.45) is 35.0 Å². The van der Waals surface area contributed by atoms with Gasteiger partial charge in [-0.15, -0.1) is 0 Å². The minimum Gasteiger partial charge on any atom is -0.404 e. The molecule has 3 aromatic rings. The zero-order valence-corrected chi connectivity index (χ0v) is 27.4. The summed E-state index contributed by atoms with van der Waals surface area (Å²) < 4.78 is 29.5. The van der Waals surface area contributed by atoms with Gasteiger partial charge in [0.15, 0.2) is 5.78 Å². The van der Waals surface area contributed by atoms with Gasteiger partial charge in [0.2, 0.25) is 5.91 Å². The number of Topliss-reactive ketones (excluding diaryl/α,β-unsaturated/α-hetero) is 1. The van der Waals surface area contributed by atoms with Crippen LogP contribution in [0, 0.1) is 40.8 Å². The lowest BCUT2D eigenvalue weighted by Gasteiger charge is -2.64. The molecule has 1 aliphatic heterocycles. The molecule has 8 heteroatoms. The summed E-state index contributed by atoms with van der Waals surface area (Å²) in [6.07, 6.45) is 3.70. The third kappa shape index (κ3) is 5.51. The summed E-state index contributed by atoms with van der Waals surface area (Å²) in [5.41, 5.74) is 1.60. The number of aromatic nitrogens is 1. The number of nitrogens with one attached hydrogen (secondary N) is 1. The highest BCUT2D eigenvalue weighted by Gasteiger charge is 2.68. The van der Waals surface area contributed by atoms with Gasteiger partial charge in [0, 0.05) is 34.1 Å². The molecule has 2 bridgehead atoms. The lowest BCUT2D eigenvalue weighted by atomic mass is 9.43. The van der Waals surface area contributed by atoms with Gasteiger partial charge in [-0.25, -0.2) is 4.39 Å². The molecule has 0 unspecified atom stereocenters. The molecule has 1 saturated heterocycles. The molecule has 4 fully saturated rings. The zero-order chi connectivity index (χ0) is 31.6. The van der Waals surface area contributed by atoms with E-state index in [1.54, 1.807) is 6.07 Å². The van der Waals surface area contributed by atoms with Gasteiger partial charge in [-0.2, -0.15) is 0 Å². The largest absolute Gasteiger partial charge is 0.481 e. The van der Waals surface area contributed by atoms with Crippen molar-refractivity contribution < 1.29 is 23.3 Å². The molecule has 0 radical (unpaired) electrons. The number of rotatable bonds is 11. The number of hydrogen-bond acceptors (Lipinski definition) is 4. The number of para-hydroxylation sites is 1. The second-order valence-electron chi connectivity index (χ2n) is 15.4. The number of amides is 1. The molecule has 1 aromatic heterocycles. The van der Waals surface area contributed by atoms with Crippen molar-refractivity contribution in [2.75, 3.05) is 0 Å². The van der Waals surface area contributed by atoms with Crippen LogP contribution in [0.2, 0.25) is 0 Å². The number of halogens is 1. The molecule has 7 rings (SSSR count). The number of nitrogens with zero attached hydrogens (tertiary/aromatic N) is 1. The Morgan fingerprint density at radius 1 is 1.00 bits per heavy atom. The first kappa shape index (κ1) is 31.3. The van der Waals surface area contributed by atoms with Gasteiger partial charge in [-0.3, -0.25) is 9.59 Å². The van der Waals surface area contributed by atoms with Crippen molar-refractivity contribution in [3.8, 4) is 0 Å². The zero-order valence-electron chi connectivity index (χ0n) is 27.4. The number of carbonyl (C=O) groups excluding carboxylic acids is 2. The SMILES string of the molecule is CC(C)C[C@H](CC(=O)Cn1c2ccccc2c2cc(F)ccc21)C(=O)N[C@@H](CC(C)C)B1O[C@@H]2C[C@@H]3C[C@@H](C3(C)C)[C@]2(C)O1. The fraction of sp³-hybridized carbons (Fsp3) is 0.611. The third-order valence-corrected chi connectivity index (χ3v) is 11.0. The maximum Gasteiger partial charge on any atom is 0.481 e. The van der Waals surface area contributed by atoms with Crippen molar-refractivity contribution >= 4 is 40.6 Å². The third-order valence-electron chi connectivity index (χ3n) is 11.0. The van der Waals surface area contributed by atoms with Gasteiger partial charge in [0.05, 0.1) is 24.2 Å². The summed E-state index contributed by atoms with van der Waals surface area (Å²) in [4.78, 5) is 27.6. The first-order valence-corrected chi connectivity index (χ1v) is 16.6. The molecule has 3 aliphatic carbocycles. The fourth-order valence-electron chi connectivity index (χ4n) is 8.68. The van der Waals surface area contributed by atoms with Crippen molar-refractivity contribution in [1.82, 2.24) is 9.88 Å². The quantitative estimate of drug-likeness (QED) is 0.233. The maximum atomic E-state index is 14.1. The number of fused-ring (bicyclic) bond motifs is 3. The molecule has 6 nitrogen and oxygen atoms in total. The van der Waals surface area contributed by atoms with E-state index < -0.39 is 13.0 Å². The Kier molecular flexibility index (Phi) is 8.23. The maximum absolute atomic E-state index is 14.1. The molecule has 236 valence electrons. The highest BCUT2D eigenvalue weighted by atomic mass is 19.1. The highest BCUT2D eigenvalue weighted by molar-refractivity contribution is 6.47. The molecule has 6 atom stereocenters. The van der Waals surface area contributed by atoms with Gasteiger partial charge >= 0.3 is 7.12 Å². The van der Waals surface area contributed by atoms with Gasteiger partial charge < -0.3 is 19.2 Å². The van der Waals surface area contributed by atoms with Gasteiger partial charge in [0.1, 0.15) is 5.82 Å². The number of ketones is 1. The van der Waals surface area contributed by atoms with Crippen LogP contribution in [-0.2, 0) is 25.4 Å². The lowest BCUT2D eigenvalue weighted by Crippen LogP contribution is -2.65. The average molecular weight is 603 g/mol. The number of carbonyl (C=O) groups is 2. The Morgan fingerprint density at radius 2 is 1.70 bits per heavy atom. The Hall–Kier alpha value is -2.71. The van der Waals surface area contributed by atoms with E-state index in [4.69, 9.17) is 9.31 Å². The van der Waals surface area contributed by atoms with Crippen LogP contribution in [0.3, 0.4) is 0 Å². The molecular formula is C36H48BFN2O4. The van der Waals surface area contributed by atoms with E-state index in [2.05, 4.69) is 53.8 Å². The Morgan fingerprint density at radius 3 is 2.41 bits per heavy atom. The van der Waals surface area contributed by atoms with Crippen LogP contribution in [0.15, 0.2) is 42.5 Å². The van der Waals surface area contributed by atoms with E-state index in [0.29, 0.717) is 24.2 Å². The van der Waals surface area contributed by atoms with E-state index in [9.17, 15) is 14.0 Å². The summed E-state index contributed by atoms with van der Waals surface area (Å²) in [5, 5.41) is 5.01. The summed E-state index contributed by atoms with van der Waals surface area (Å²) in [6.45, 7) is 15.5. The van der Waals surface area contributed by atoms with Crippen LogP contribution in [0.4, 0.5) is 4.39 Å². The predicted octanol–water partition coefficient (Wildman–Crippen LogP) is 7.35. The van der Waals surface area contributed by atoms with E-state index in [-0.39, 0.29) is 59.5 Å². The van der Waals surface area contributed by atoms with Gasteiger partial charge in [0.25, 0.3) is 0 Å². The summed E-state index contributed by atoms with van der Waals surface area (Å²) in [5.74, 6) is 0.484. The first-order chi connectivity index (χ1) is 20.8. The smallest absolute Gasteiger partial charge is 0.404 e. The molecule has 1 amide bonds. The lowest BCUT2D eigenvalue weighted by molar-refractivity contribution is -0.199. The second kappa shape index (κ2) is 11.6. The molecular weight excluding hydrogens is 554 g/mol. The number of benzene rings is 2. The van der Waals surface area contributed by atoms with Crippen LogP contribution in [0.25, 0.3) is 21.8 Å². The van der Waals surface area contributed by atoms with Crippen LogP contribution in [-0.4, -0.2) is 41.0 Å². The number of hydrogen-bond donors (Lipinski definition) is 1. The Bertz CT molecular complexity index is 1570. The molecule has 4 aliphatic rings. The Balaban J connectivity index is 1.19. The predicted molar refractivity (Wildman–Crippen MR) is 173 cm³/mol. The van der Waals surface area contributed by atoms with Crippen LogP contribution < -0.4 is 5.32 Å². The van der Waals surface area contributed by atoms with E-state index in [1.165, 1.54) is 18.6 Å². The molecule has 3 saturated carbocycles. The van der Waals surface area contributed by atoms with Gasteiger partial charge in [-0.05, 0) is 86.0 Å². The van der Waals surface area contributed by atoms with Crippen molar-refractivity contribution in [3.63, 3.8) is 0 Å². The van der Waals surface area contributed by atoms with E-state index in [0.717, 1.165) is 34.6 Å². The molecule has 1 N–H and O–H groups in total. The summed E-state index contributed by atoms with van der Waals surface area (Å²) >= 11 is 0. The fourth-order valence-corrected chi connectivity index (χ4v) is 8.68. The minimum atomic E-state index is -0.500. The topological polar surface area (TPSA) is 69.6 Å². The van der Waals surface area contributed by atoms with E-state index >= 15 is 0 Å². The van der Waals surface area contributed by atoms with Gasteiger partial charge in [-0.1, -0.05) is 59.7 Å². The summed E-state index contributed by atoms with van der Waals surface area (Å²) in [7, 11) is -0.500. The highest BCUT2D eigenvalue weighted by Crippen LogP contribution is 2.65. The normalized spacial score (nSPS) is 27.0. The second-order valence-corrected chi connectivity index (χ2v) is 15.4. The molecule has 44 heavy (non-hydrogen) atoms. The molecule has 2 aromatic carbocycles. The summed E-state index contributed by atoms with van der Waals surface area (Å²) in [6, 6.07) is 12.5. The standard InChI is InChI=1S/C36H48BFN2O4/c1-21(2)14-23(16-26(41)20-40-29-11-9-8-10-27(29)28-19-25(38)12-13-30(28)40)34(42)39-33(15-22(3)4)37-43-32-18-24-17-31(35(24,5)6)36(32,7)44-37/h8-13,19,21-24,31-33H,14-18,20H2,1-7H3,(H,39,42)/t23-,24+,31+,32-,33+,36+/m1/s1.